The molecule has 0 aliphatic rings. The van der Waals surface area contributed by atoms with Crippen molar-refractivity contribution in [2.75, 3.05) is 5.73 Å². The molecule has 92 valence electrons. The SMILES string of the molecule is Cc1ccc(C(=O)c2ccc(N)cc2Cl)c(C)c1. The number of ketones is 1. The van der Waals surface area contributed by atoms with Crippen LogP contribution in [-0.4, -0.2) is 5.78 Å². The van der Waals surface area contributed by atoms with Gasteiger partial charge in [0.25, 0.3) is 0 Å². The first-order valence-electron chi connectivity index (χ1n) is 5.66. The number of benzene rings is 2. The predicted octanol–water partition coefficient (Wildman–Crippen LogP) is 3.77. The number of carbonyl (C=O) groups excluding carboxylic acids is 1. The maximum Gasteiger partial charge on any atom is 0.194 e. The van der Waals surface area contributed by atoms with E-state index in [1.165, 1.54) is 0 Å². The minimum Gasteiger partial charge on any atom is -0.399 e. The molecule has 18 heavy (non-hydrogen) atoms. The van der Waals surface area contributed by atoms with Gasteiger partial charge in [-0.2, -0.15) is 0 Å². The monoisotopic (exact) mass is 259 g/mol. The van der Waals surface area contributed by atoms with E-state index in [-0.39, 0.29) is 5.78 Å². The molecule has 0 unspecified atom stereocenters. The van der Waals surface area contributed by atoms with E-state index in [0.29, 0.717) is 21.8 Å². The second-order valence-electron chi connectivity index (χ2n) is 4.39. The van der Waals surface area contributed by atoms with Gasteiger partial charge in [0.1, 0.15) is 0 Å². The maximum absolute atomic E-state index is 12.4. The summed E-state index contributed by atoms with van der Waals surface area (Å²) < 4.78 is 0. The molecule has 0 aliphatic carbocycles. The van der Waals surface area contributed by atoms with Crippen molar-refractivity contribution in [2.45, 2.75) is 13.8 Å². The summed E-state index contributed by atoms with van der Waals surface area (Å²) in [5, 5.41) is 0.389. The number of aryl methyl sites for hydroxylation is 2. The van der Waals surface area contributed by atoms with Crippen molar-refractivity contribution in [3.63, 3.8) is 0 Å². The fourth-order valence-electron chi connectivity index (χ4n) is 1.93. The first-order valence-corrected chi connectivity index (χ1v) is 6.04. The molecule has 0 atom stereocenters. The summed E-state index contributed by atoms with van der Waals surface area (Å²) in [6.45, 7) is 3.92. The third-order valence-corrected chi connectivity index (χ3v) is 3.18. The van der Waals surface area contributed by atoms with E-state index in [9.17, 15) is 4.79 Å². The van der Waals surface area contributed by atoms with Gasteiger partial charge in [0.15, 0.2) is 5.78 Å². The molecule has 0 saturated heterocycles. The summed E-state index contributed by atoms with van der Waals surface area (Å²) in [7, 11) is 0. The second kappa shape index (κ2) is 4.83. The molecular formula is C15H14ClNO. The quantitative estimate of drug-likeness (QED) is 0.659. The van der Waals surface area contributed by atoms with Crippen LogP contribution < -0.4 is 5.73 Å². The van der Waals surface area contributed by atoms with Crippen LogP contribution in [-0.2, 0) is 0 Å². The Morgan fingerprint density at radius 3 is 2.33 bits per heavy atom. The van der Waals surface area contributed by atoms with Crippen molar-refractivity contribution in [2.24, 2.45) is 0 Å². The molecule has 0 saturated carbocycles. The molecule has 0 aliphatic heterocycles. The molecule has 2 nitrogen and oxygen atoms in total. The molecule has 0 aromatic heterocycles. The molecule has 0 fully saturated rings. The van der Waals surface area contributed by atoms with Gasteiger partial charge in [-0.1, -0.05) is 35.4 Å². The van der Waals surface area contributed by atoms with Gasteiger partial charge in [-0.3, -0.25) is 4.79 Å². The van der Waals surface area contributed by atoms with Crippen LogP contribution in [0.25, 0.3) is 0 Å². The Labute approximate surface area is 111 Å². The number of carbonyl (C=O) groups is 1. The summed E-state index contributed by atoms with van der Waals surface area (Å²) in [6, 6.07) is 10.7. The second-order valence-corrected chi connectivity index (χ2v) is 4.79. The van der Waals surface area contributed by atoms with Gasteiger partial charge in [0, 0.05) is 16.8 Å². The third kappa shape index (κ3) is 2.39. The van der Waals surface area contributed by atoms with Crippen molar-refractivity contribution in [3.05, 3.63) is 63.7 Å². The normalized spacial score (nSPS) is 10.4. The van der Waals surface area contributed by atoms with Gasteiger partial charge >= 0.3 is 0 Å². The van der Waals surface area contributed by atoms with E-state index in [2.05, 4.69) is 0 Å². The van der Waals surface area contributed by atoms with Gasteiger partial charge in [-0.25, -0.2) is 0 Å². The molecule has 2 aromatic rings. The van der Waals surface area contributed by atoms with Crippen molar-refractivity contribution in [3.8, 4) is 0 Å². The molecular weight excluding hydrogens is 246 g/mol. The molecule has 0 bridgehead atoms. The predicted molar refractivity (Wildman–Crippen MR) is 75.2 cm³/mol. The van der Waals surface area contributed by atoms with E-state index in [0.717, 1.165) is 11.1 Å². The average Bonchev–Trinajstić information content (AvgIpc) is 2.28. The Morgan fingerprint density at radius 2 is 1.72 bits per heavy atom. The van der Waals surface area contributed by atoms with E-state index in [1.54, 1.807) is 18.2 Å². The number of hydrogen-bond donors (Lipinski definition) is 1. The number of halogens is 1. The Bertz CT molecular complexity index is 566. The zero-order valence-electron chi connectivity index (χ0n) is 10.3. The maximum atomic E-state index is 12.4. The Morgan fingerprint density at radius 1 is 1.06 bits per heavy atom. The zero-order valence-corrected chi connectivity index (χ0v) is 11.1. The van der Waals surface area contributed by atoms with Crippen LogP contribution >= 0.6 is 11.6 Å². The molecule has 2 aromatic carbocycles. The molecule has 0 spiro atoms. The summed E-state index contributed by atoms with van der Waals surface area (Å²) in [6.07, 6.45) is 0. The number of rotatable bonds is 2. The molecule has 0 amide bonds. The van der Waals surface area contributed by atoms with E-state index in [1.807, 2.05) is 32.0 Å². The first-order chi connectivity index (χ1) is 8.49. The number of nitrogen functional groups attached to an aromatic ring is 1. The van der Waals surface area contributed by atoms with Crippen molar-refractivity contribution in [1.29, 1.82) is 0 Å². The van der Waals surface area contributed by atoms with Crippen molar-refractivity contribution in [1.82, 2.24) is 0 Å². The van der Waals surface area contributed by atoms with Gasteiger partial charge in [-0.05, 0) is 37.6 Å². The lowest BCUT2D eigenvalue weighted by Gasteiger charge is -2.08. The van der Waals surface area contributed by atoms with Crippen LogP contribution in [0.15, 0.2) is 36.4 Å². The summed E-state index contributed by atoms with van der Waals surface area (Å²) in [5.74, 6) is -0.0718. The molecule has 0 heterocycles. The first kappa shape index (κ1) is 12.7. The highest BCUT2D eigenvalue weighted by Crippen LogP contribution is 2.23. The number of hydrogen-bond acceptors (Lipinski definition) is 2. The highest BCUT2D eigenvalue weighted by atomic mass is 35.5. The summed E-state index contributed by atoms with van der Waals surface area (Å²) in [5.41, 5.74) is 9.41. The van der Waals surface area contributed by atoms with Crippen LogP contribution in [0.1, 0.15) is 27.0 Å². The van der Waals surface area contributed by atoms with Crippen LogP contribution in [0.3, 0.4) is 0 Å². The standard InChI is InChI=1S/C15H14ClNO/c1-9-3-5-12(10(2)7-9)15(18)13-6-4-11(17)8-14(13)16/h3-8H,17H2,1-2H3. The topological polar surface area (TPSA) is 43.1 Å². The van der Waals surface area contributed by atoms with Crippen LogP contribution in [0.2, 0.25) is 5.02 Å². The average molecular weight is 260 g/mol. The smallest absolute Gasteiger partial charge is 0.194 e. The van der Waals surface area contributed by atoms with E-state index >= 15 is 0 Å². The highest BCUT2D eigenvalue weighted by molar-refractivity contribution is 6.35. The fraction of sp³-hybridized carbons (Fsp3) is 0.133. The van der Waals surface area contributed by atoms with E-state index < -0.39 is 0 Å². The molecule has 3 heteroatoms. The van der Waals surface area contributed by atoms with Gasteiger partial charge in [0.2, 0.25) is 0 Å². The largest absolute Gasteiger partial charge is 0.399 e. The van der Waals surface area contributed by atoms with Crippen molar-refractivity contribution < 1.29 is 4.79 Å². The van der Waals surface area contributed by atoms with Crippen molar-refractivity contribution >= 4 is 23.1 Å². The van der Waals surface area contributed by atoms with Gasteiger partial charge in [-0.15, -0.1) is 0 Å². The lowest BCUT2D eigenvalue weighted by Crippen LogP contribution is -2.05. The lowest BCUT2D eigenvalue weighted by molar-refractivity contribution is 0.103. The number of nitrogens with two attached hydrogens (primary N) is 1. The van der Waals surface area contributed by atoms with Crippen LogP contribution in [0.5, 0.6) is 0 Å². The fourth-order valence-corrected chi connectivity index (χ4v) is 2.20. The Balaban J connectivity index is 2.48. The molecule has 2 rings (SSSR count). The summed E-state index contributed by atoms with van der Waals surface area (Å²) in [4.78, 5) is 12.4. The number of anilines is 1. The molecule has 2 N–H and O–H groups in total. The van der Waals surface area contributed by atoms with Crippen LogP contribution in [0.4, 0.5) is 5.69 Å². The third-order valence-electron chi connectivity index (χ3n) is 2.86. The van der Waals surface area contributed by atoms with Crippen LogP contribution in [0, 0.1) is 13.8 Å². The van der Waals surface area contributed by atoms with Gasteiger partial charge in [0.05, 0.1) is 5.02 Å². The van der Waals surface area contributed by atoms with Gasteiger partial charge < -0.3 is 5.73 Å². The minimum absolute atomic E-state index is 0.0718. The lowest BCUT2D eigenvalue weighted by atomic mass is 9.97. The zero-order chi connectivity index (χ0) is 13.3. The molecule has 0 radical (unpaired) electrons. The highest BCUT2D eigenvalue weighted by Gasteiger charge is 2.14. The van der Waals surface area contributed by atoms with E-state index in [4.69, 9.17) is 17.3 Å². The summed E-state index contributed by atoms with van der Waals surface area (Å²) >= 11 is 6.06. The Hall–Kier alpha value is -1.80. The Kier molecular flexibility index (Phi) is 3.39. The minimum atomic E-state index is -0.0718.